The van der Waals surface area contributed by atoms with Crippen LogP contribution in [0.25, 0.3) is 0 Å². The minimum absolute atomic E-state index is 0.190. The first-order valence-corrected chi connectivity index (χ1v) is 54.4. The second kappa shape index (κ2) is 54.3. The van der Waals surface area contributed by atoms with Crippen molar-refractivity contribution >= 4 is 23.5 Å². The average Bonchev–Trinajstić information content (AvgIpc) is 0.785. The molecule has 2 nitrogen and oxygen atoms in total. The Labute approximate surface area is 845 Å². The molecule has 7 rings (SSSR count). The quantitative estimate of drug-likeness (QED) is 0.0318. The van der Waals surface area contributed by atoms with Crippen LogP contribution < -0.4 is 4.74 Å². The topological polar surface area (TPSA) is 18.5 Å². The van der Waals surface area contributed by atoms with Gasteiger partial charge in [0.05, 0.1) is 19.8 Å². The van der Waals surface area contributed by atoms with E-state index in [1.165, 1.54) is 154 Å². The molecule has 0 fully saturated rings. The molecule has 0 N–H and O–H groups in total. The maximum atomic E-state index is 5.89. The molecule has 764 valence electrons. The third-order valence-electron chi connectivity index (χ3n) is 34.3. The van der Waals surface area contributed by atoms with Crippen LogP contribution in [0.5, 0.6) is 5.75 Å². The fourth-order valence-electron chi connectivity index (χ4n) is 14.3. The number of para-hydroxylation sites is 1. The van der Waals surface area contributed by atoms with Crippen LogP contribution in [-0.2, 0) is 34.3 Å². The van der Waals surface area contributed by atoms with Gasteiger partial charge in [0.25, 0.3) is 0 Å². The Morgan fingerprint density at radius 2 is 0.590 bits per heavy atom. The van der Waals surface area contributed by atoms with Gasteiger partial charge >= 0.3 is 0 Å². The maximum absolute atomic E-state index is 5.89. The number of hydrogen-bond donors (Lipinski definition) is 0. The first-order valence-electron chi connectivity index (χ1n) is 52.2. The molecule has 0 saturated heterocycles. The van der Waals surface area contributed by atoms with Gasteiger partial charge in [-0.05, 0) is 294 Å². The van der Waals surface area contributed by atoms with Gasteiger partial charge in [-0.3, -0.25) is 0 Å². The minimum Gasteiger partial charge on any atom is -0.493 e. The minimum atomic E-state index is 0.190. The molecule has 0 saturated carbocycles. The molecule has 0 spiro atoms. The lowest BCUT2D eigenvalue weighted by atomic mass is 9.60. The summed E-state index contributed by atoms with van der Waals surface area (Å²) in [6.07, 6.45) is 15.3. The van der Waals surface area contributed by atoms with E-state index in [0.29, 0.717) is 77.0 Å². The summed E-state index contributed by atoms with van der Waals surface area (Å²) in [4.78, 5) is 1.43. The van der Waals surface area contributed by atoms with Gasteiger partial charge in [-0.1, -0.05) is 489 Å². The van der Waals surface area contributed by atoms with Gasteiger partial charge in [-0.25, -0.2) is 0 Å². The van der Waals surface area contributed by atoms with Crippen molar-refractivity contribution in [1.82, 2.24) is 0 Å². The van der Waals surface area contributed by atoms with Gasteiger partial charge < -0.3 is 9.47 Å². The van der Waals surface area contributed by atoms with E-state index in [-0.39, 0.29) is 27.1 Å². The highest BCUT2D eigenvalue weighted by atomic mass is 32.2. The summed E-state index contributed by atoms with van der Waals surface area (Å²) in [5.74, 6) is 4.56. The van der Waals surface area contributed by atoms with E-state index in [2.05, 4.69) is 523 Å². The third kappa shape index (κ3) is 45.7. The van der Waals surface area contributed by atoms with Gasteiger partial charge in [0.15, 0.2) is 0 Å². The van der Waals surface area contributed by atoms with Gasteiger partial charge in [0.2, 0.25) is 0 Å². The Morgan fingerprint density at radius 1 is 0.261 bits per heavy atom. The van der Waals surface area contributed by atoms with Gasteiger partial charge in [0, 0.05) is 10.6 Å². The lowest BCUT2D eigenvalue weighted by molar-refractivity contribution is -0.00803. The number of rotatable bonds is 31. The molecular formula is C130H220O2S2. The van der Waals surface area contributed by atoms with Gasteiger partial charge in [0.1, 0.15) is 5.75 Å². The first-order chi connectivity index (χ1) is 60.5. The SMILES string of the molecule is CCCCCC(C)(C)C(C)(C)C.Cc1ccccc1C(C)(C)CC(C)(C)C(C)(C)C.Cc1ccccc1C(C)(C)CCC(C)(C)C(C)(C)C.Cc1ccccc1CCCC(C)(C)C(C)(C)C.Cc1ccccc1COCC(C)(C)C(C)(C)C.Cc1ccccc1CSCC(C)(C)C(C)(C)C.Cc1ccccc1OCCC(C)(C)C(C)(C)C.Cc1ccccc1SCCC(C)(C)C(C)(C)C. The summed E-state index contributed by atoms with van der Waals surface area (Å²) >= 11 is 4.04. The summed E-state index contributed by atoms with van der Waals surface area (Å²) in [6.45, 7) is 123. The van der Waals surface area contributed by atoms with E-state index in [9.17, 15) is 0 Å². The number of benzene rings is 7. The number of thioether (sulfide) groups is 2. The third-order valence-corrected chi connectivity index (χ3v) is 36.9. The zero-order chi connectivity index (χ0) is 104. The van der Waals surface area contributed by atoms with Crippen molar-refractivity contribution in [1.29, 1.82) is 0 Å². The first kappa shape index (κ1) is 129. The number of hydrogen-bond acceptors (Lipinski definition) is 4. The van der Waals surface area contributed by atoms with E-state index < -0.39 is 0 Å². The van der Waals surface area contributed by atoms with E-state index in [1.54, 1.807) is 0 Å². The standard InChI is InChI=1S/C19H32.C18H30.C17H28.2C16H26O.2C16H26S.C12H26/c1-15-11-9-10-12-16(15)18(5,6)13-14-19(7,8)17(2,3)4;1-14-11-9-10-12-15(14)17(5,6)13-18(7,8)16(2,3)4;1-14-10-7-8-11-15(14)12-9-13-17(5,6)16(2,3)4;1-13-9-7-8-10-14(13)11-17-12-16(5,6)15(2,3)4;1-13-9-7-8-10-14(13)17-12-11-16(5,6)15(2,3)4;1-13-9-7-8-10-14(13)11-17-12-16(5,6)15(2,3)4;1-13-9-7-8-10-14(13)17-12-11-16(5,6)15(2,3)4;1-7-8-9-10-12(5,6)11(2,3)4/h9-12H,13-14H2,1-8H3;9-12H,13H2,1-8H3;7-8,10-11H,9,12-13H2,1-6H3;4*7-10H,11-12H2,1-6H3;7-10H2,1-6H3. The maximum Gasteiger partial charge on any atom is 0.122 e. The van der Waals surface area contributed by atoms with E-state index >= 15 is 0 Å². The van der Waals surface area contributed by atoms with Gasteiger partial charge in [-0.15, -0.1) is 11.8 Å². The summed E-state index contributed by atoms with van der Waals surface area (Å²) in [7, 11) is 0. The molecule has 0 aliphatic rings. The second-order valence-electron chi connectivity index (χ2n) is 54.9. The van der Waals surface area contributed by atoms with Crippen LogP contribution in [0, 0.1) is 135 Å². The molecular weight excluding hydrogens is 1660 g/mol. The molecule has 0 bridgehead atoms. The fourth-order valence-corrected chi connectivity index (χ4v) is 17.2. The highest BCUT2D eigenvalue weighted by Gasteiger charge is 2.41. The van der Waals surface area contributed by atoms with Crippen molar-refractivity contribution in [2.75, 3.05) is 24.7 Å². The molecule has 0 atom stereocenters. The number of ether oxygens (including phenoxy) is 2. The van der Waals surface area contributed by atoms with Crippen molar-refractivity contribution < 1.29 is 9.47 Å². The van der Waals surface area contributed by atoms with Crippen LogP contribution in [0.3, 0.4) is 0 Å². The molecule has 0 radical (unpaired) electrons. The average molecular weight is 1880 g/mol. The van der Waals surface area contributed by atoms with Crippen molar-refractivity contribution in [3.63, 3.8) is 0 Å². The van der Waals surface area contributed by atoms with Crippen LogP contribution in [0.2, 0.25) is 0 Å². The lowest BCUT2D eigenvalue weighted by Gasteiger charge is -2.44. The van der Waals surface area contributed by atoms with Crippen LogP contribution >= 0.6 is 23.5 Å². The van der Waals surface area contributed by atoms with E-state index in [4.69, 9.17) is 9.47 Å². The predicted octanol–water partition coefficient (Wildman–Crippen LogP) is 42.2. The second-order valence-corrected chi connectivity index (χ2v) is 57.1. The van der Waals surface area contributed by atoms with Crippen molar-refractivity contribution in [2.24, 2.45) is 86.6 Å². The van der Waals surface area contributed by atoms with Crippen LogP contribution in [0.1, 0.15) is 449 Å². The molecule has 0 unspecified atom stereocenters. The van der Waals surface area contributed by atoms with Crippen LogP contribution in [-0.4, -0.2) is 24.7 Å². The lowest BCUT2D eigenvalue weighted by Crippen LogP contribution is -2.36. The molecule has 0 heterocycles. The van der Waals surface area contributed by atoms with Crippen LogP contribution in [0.4, 0.5) is 0 Å². The highest BCUT2D eigenvalue weighted by Crippen LogP contribution is 2.51. The molecule has 7 aromatic rings. The monoisotopic (exact) mass is 1880 g/mol. The molecule has 0 amide bonds. The predicted molar refractivity (Wildman–Crippen MR) is 612 cm³/mol. The number of unbranched alkanes of at least 4 members (excludes halogenated alkanes) is 2. The normalized spacial score (nSPS) is 13.1. The van der Waals surface area contributed by atoms with E-state index in [1.807, 2.05) is 30.0 Å². The largest absolute Gasteiger partial charge is 0.493 e. The Kier molecular flexibility index (Phi) is 52.3. The molecule has 4 heteroatoms. The van der Waals surface area contributed by atoms with Gasteiger partial charge in [-0.2, -0.15) is 11.8 Å². The Bertz CT molecular complexity index is 3970. The summed E-state index contributed by atoms with van der Waals surface area (Å²) in [5, 5.41) is 0. The van der Waals surface area contributed by atoms with Crippen molar-refractivity contribution in [3.8, 4) is 5.75 Å². The van der Waals surface area contributed by atoms with Crippen LogP contribution in [0.15, 0.2) is 175 Å². The molecule has 134 heavy (non-hydrogen) atoms. The zero-order valence-electron chi connectivity index (χ0n) is 98.5. The molecule has 7 aromatic carbocycles. The number of aryl methyl sites for hydroxylation is 8. The Balaban J connectivity index is 0.00000151. The molecule has 0 aliphatic heterocycles. The summed E-state index contributed by atoms with van der Waals surface area (Å²) in [6, 6.07) is 60.3. The summed E-state index contributed by atoms with van der Waals surface area (Å²) in [5.41, 5.74) is 23.0. The molecule has 0 aliphatic carbocycles. The Morgan fingerprint density at radius 3 is 0.978 bits per heavy atom. The fraction of sp³-hybridized carbons (Fsp3) is 0.677. The Hall–Kier alpha value is -5.00. The highest BCUT2D eigenvalue weighted by molar-refractivity contribution is 7.99. The smallest absolute Gasteiger partial charge is 0.122 e. The summed E-state index contributed by atoms with van der Waals surface area (Å²) < 4.78 is 11.8. The van der Waals surface area contributed by atoms with Crippen molar-refractivity contribution in [2.45, 2.75) is 465 Å². The molecule has 0 aromatic heterocycles. The van der Waals surface area contributed by atoms with E-state index in [0.717, 1.165) is 31.1 Å². The zero-order valence-corrected chi connectivity index (χ0v) is 100. The van der Waals surface area contributed by atoms with Crippen molar-refractivity contribution in [3.05, 3.63) is 237 Å².